The topological polar surface area (TPSA) is 56.6 Å². The highest BCUT2D eigenvalue weighted by molar-refractivity contribution is 7.98. The molecule has 0 aromatic heterocycles. The van der Waals surface area contributed by atoms with Crippen LogP contribution in [0.1, 0.15) is 123 Å². The van der Waals surface area contributed by atoms with E-state index < -0.39 is 0 Å². The van der Waals surface area contributed by atoms with E-state index in [2.05, 4.69) is 143 Å². The van der Waals surface area contributed by atoms with E-state index in [4.69, 9.17) is 17.3 Å². The predicted octanol–water partition coefficient (Wildman–Crippen LogP) is 13.3. The Bertz CT molecular complexity index is 2090. The van der Waals surface area contributed by atoms with Crippen molar-refractivity contribution in [1.82, 2.24) is 14.9 Å². The number of anilines is 1. The van der Waals surface area contributed by atoms with Crippen LogP contribution in [-0.4, -0.2) is 48.9 Å². The molecule has 2 aromatic rings. The molecule has 1 unspecified atom stereocenters. The van der Waals surface area contributed by atoms with Gasteiger partial charge in [-0.15, -0.1) is 6.58 Å². The Balaban J connectivity index is 1.17. The molecule has 4 aliphatic rings. The van der Waals surface area contributed by atoms with Crippen molar-refractivity contribution in [3.05, 3.63) is 147 Å². The number of piperazine rings is 1. The second-order valence-corrected chi connectivity index (χ2v) is 21.1. The Hall–Kier alpha value is -3.84. The molecule has 328 valence electrons. The summed E-state index contributed by atoms with van der Waals surface area (Å²) in [7, 11) is 0. The first-order valence-corrected chi connectivity index (χ1v) is 24.1. The van der Waals surface area contributed by atoms with E-state index in [0.29, 0.717) is 16.7 Å². The van der Waals surface area contributed by atoms with Crippen LogP contribution in [0.15, 0.2) is 126 Å². The number of hydrogen-bond acceptors (Lipinski definition) is 6. The number of allylic oxidation sites excluding steroid dienone is 11. The van der Waals surface area contributed by atoms with Crippen molar-refractivity contribution < 1.29 is 0 Å². The number of fused-ring (bicyclic) bond motifs is 1. The second kappa shape index (κ2) is 20.6. The molecule has 5 nitrogen and oxygen atoms in total. The summed E-state index contributed by atoms with van der Waals surface area (Å²) in [4.78, 5) is 5.25. The molecule has 2 aliphatic heterocycles. The van der Waals surface area contributed by atoms with Crippen LogP contribution in [-0.2, 0) is 6.42 Å². The summed E-state index contributed by atoms with van der Waals surface area (Å²) in [6, 6.07) is 16.0. The van der Waals surface area contributed by atoms with E-state index in [1.54, 1.807) is 17.5 Å². The summed E-state index contributed by atoms with van der Waals surface area (Å²) in [5, 5.41) is 5.03. The van der Waals surface area contributed by atoms with Gasteiger partial charge in [0.05, 0.1) is 0 Å². The molecule has 2 aliphatic carbocycles. The minimum atomic E-state index is 0.0733. The minimum Gasteiger partial charge on any atom is -0.401 e. The normalized spacial score (nSPS) is 23.8. The van der Waals surface area contributed by atoms with Crippen LogP contribution in [0.25, 0.3) is 11.3 Å². The van der Waals surface area contributed by atoms with Crippen LogP contribution in [0.3, 0.4) is 0 Å². The highest BCUT2D eigenvalue weighted by Crippen LogP contribution is 2.48. The molecule has 3 atom stereocenters. The summed E-state index contributed by atoms with van der Waals surface area (Å²) in [5.41, 5.74) is 23.4. The van der Waals surface area contributed by atoms with Crippen LogP contribution in [0, 0.1) is 10.8 Å². The summed E-state index contributed by atoms with van der Waals surface area (Å²) >= 11 is 8.10. The van der Waals surface area contributed by atoms with Crippen molar-refractivity contribution >= 4 is 40.5 Å². The van der Waals surface area contributed by atoms with Crippen LogP contribution in [0.4, 0.5) is 5.69 Å². The first-order chi connectivity index (χ1) is 29.1. The van der Waals surface area contributed by atoms with Crippen molar-refractivity contribution in [2.45, 2.75) is 124 Å². The molecule has 0 spiro atoms. The number of halogens is 1. The third kappa shape index (κ3) is 12.2. The quantitative estimate of drug-likeness (QED) is 0.0888. The zero-order valence-electron chi connectivity index (χ0n) is 38.5. The third-order valence-electron chi connectivity index (χ3n) is 13.6. The van der Waals surface area contributed by atoms with Gasteiger partial charge in [-0.05, 0) is 155 Å². The Kier molecular flexibility index (Phi) is 15.7. The molecule has 0 radical (unpaired) electrons. The first kappa shape index (κ1) is 46.7. The van der Waals surface area contributed by atoms with Crippen molar-refractivity contribution in [1.29, 1.82) is 0 Å². The molecule has 6 rings (SSSR count). The predicted molar refractivity (Wildman–Crippen MR) is 269 cm³/mol. The monoisotopic (exact) mass is 860 g/mol. The number of rotatable bonds is 16. The van der Waals surface area contributed by atoms with Gasteiger partial charge in [0.1, 0.15) is 0 Å². The van der Waals surface area contributed by atoms with Gasteiger partial charge in [0, 0.05) is 89.2 Å². The lowest BCUT2D eigenvalue weighted by Gasteiger charge is -2.46. The maximum atomic E-state index is 6.86. The van der Waals surface area contributed by atoms with Crippen LogP contribution < -0.4 is 20.7 Å². The van der Waals surface area contributed by atoms with Crippen molar-refractivity contribution in [2.24, 2.45) is 16.6 Å². The number of benzene rings is 2. The van der Waals surface area contributed by atoms with Crippen LogP contribution in [0.2, 0.25) is 5.02 Å². The van der Waals surface area contributed by atoms with Gasteiger partial charge in [-0.1, -0.05) is 105 Å². The Labute approximate surface area is 379 Å². The maximum absolute atomic E-state index is 6.86. The van der Waals surface area contributed by atoms with E-state index in [9.17, 15) is 0 Å². The SMILES string of the molecule is C=C(C)CC[C@H]1CC[C@@]2(C)CC(SNC(=C)c3ccc(N4CCN(CC5=C(c6ccc(Cl)cc6)CC(C)(C)CC5)CC4)cc3CC(=C/C)/C=C(/C=C\C)C(=C)C)CC(N)=C2N1. The molecule has 0 saturated carbocycles. The lowest BCUT2D eigenvalue weighted by atomic mass is 9.69. The average Bonchev–Trinajstić information content (AvgIpc) is 3.22. The van der Waals surface area contributed by atoms with Gasteiger partial charge in [0.15, 0.2) is 0 Å². The van der Waals surface area contributed by atoms with Crippen LogP contribution in [0.5, 0.6) is 0 Å². The largest absolute Gasteiger partial charge is 0.401 e. The standard InChI is InChI=1S/C54H74ClN5S/c1-11-13-42(38(5)6)30-40(12-2)31-44-32-47(60-28-26-59(27-29-60)36-43-22-24-53(8,9)35-50(43)41-15-17-45(55)18-16-41)20-21-49(44)39(7)58-61-48-33-51(56)52-54(10,34-48)25-23-46(57-52)19-14-37(3)4/h11-13,15-18,20-21,30,32,46,48,57-58H,3,5,7,14,19,22-29,31,33-36,56H2,1-2,4,6,8-10H3/b13-11-,40-12+,42-30-/t46-,48?,54-/m0/s1. The zero-order valence-corrected chi connectivity index (χ0v) is 40.1. The molecule has 2 heterocycles. The van der Waals surface area contributed by atoms with E-state index >= 15 is 0 Å². The molecule has 61 heavy (non-hydrogen) atoms. The van der Waals surface area contributed by atoms with Crippen LogP contribution >= 0.6 is 23.5 Å². The first-order valence-electron chi connectivity index (χ1n) is 22.8. The van der Waals surface area contributed by atoms with Gasteiger partial charge in [-0.3, -0.25) is 4.90 Å². The third-order valence-corrected chi connectivity index (χ3v) is 14.9. The average molecular weight is 861 g/mol. The maximum Gasteiger partial charge on any atom is 0.0443 e. The molecule has 7 heteroatoms. The van der Waals surface area contributed by atoms with E-state index in [1.807, 2.05) is 12.1 Å². The van der Waals surface area contributed by atoms with E-state index in [-0.39, 0.29) is 5.41 Å². The van der Waals surface area contributed by atoms with Crippen molar-refractivity contribution in [3.8, 4) is 0 Å². The van der Waals surface area contributed by atoms with Gasteiger partial charge in [-0.2, -0.15) is 0 Å². The van der Waals surface area contributed by atoms with Gasteiger partial charge >= 0.3 is 0 Å². The summed E-state index contributed by atoms with van der Waals surface area (Å²) in [5.74, 6) is 0. The number of nitrogens with zero attached hydrogens (tertiary/aromatic N) is 2. The fraction of sp³-hybridized carbons (Fsp3) is 0.481. The number of nitrogens with two attached hydrogens (primary N) is 1. The summed E-state index contributed by atoms with van der Waals surface area (Å²) in [6.45, 7) is 33.8. The Morgan fingerprint density at radius 2 is 1.75 bits per heavy atom. The highest BCUT2D eigenvalue weighted by atomic mass is 35.5. The van der Waals surface area contributed by atoms with E-state index in [1.165, 1.54) is 57.6 Å². The van der Waals surface area contributed by atoms with Gasteiger partial charge in [0.2, 0.25) is 0 Å². The Morgan fingerprint density at radius 1 is 1.02 bits per heavy atom. The molecule has 0 amide bonds. The molecular weight excluding hydrogens is 786 g/mol. The summed E-state index contributed by atoms with van der Waals surface area (Å²) < 4.78 is 3.74. The minimum absolute atomic E-state index is 0.0733. The van der Waals surface area contributed by atoms with Gasteiger partial charge < -0.3 is 20.7 Å². The Morgan fingerprint density at radius 3 is 2.43 bits per heavy atom. The smallest absolute Gasteiger partial charge is 0.0443 e. The molecular formula is C54H74ClN5S. The van der Waals surface area contributed by atoms with Crippen molar-refractivity contribution in [3.63, 3.8) is 0 Å². The molecule has 0 bridgehead atoms. The molecule has 2 fully saturated rings. The summed E-state index contributed by atoms with van der Waals surface area (Å²) in [6.07, 6.45) is 19.6. The lowest BCUT2D eigenvalue weighted by molar-refractivity contribution is 0.216. The molecule has 2 aromatic carbocycles. The number of piperidine rings is 1. The van der Waals surface area contributed by atoms with Gasteiger partial charge in [0.25, 0.3) is 0 Å². The fourth-order valence-corrected chi connectivity index (χ4v) is 11.1. The molecule has 2 saturated heterocycles. The van der Waals surface area contributed by atoms with Crippen molar-refractivity contribution in [2.75, 3.05) is 37.6 Å². The lowest BCUT2D eigenvalue weighted by Crippen LogP contribution is -2.47. The fourth-order valence-electron chi connectivity index (χ4n) is 9.87. The highest BCUT2D eigenvalue weighted by Gasteiger charge is 2.42. The number of hydrogen-bond donors (Lipinski definition) is 3. The van der Waals surface area contributed by atoms with Gasteiger partial charge in [-0.25, -0.2) is 0 Å². The molecule has 4 N–H and O–H groups in total. The zero-order chi connectivity index (χ0) is 43.9. The number of nitrogens with one attached hydrogen (secondary N) is 2. The second-order valence-electron chi connectivity index (χ2n) is 19.5. The van der Waals surface area contributed by atoms with E-state index in [0.717, 1.165) is 112 Å².